The van der Waals surface area contributed by atoms with Gasteiger partial charge in [-0.25, -0.2) is 0 Å². The highest BCUT2D eigenvalue weighted by Gasteiger charge is 2.67. The molecule has 19 heavy (non-hydrogen) atoms. The topological polar surface area (TPSA) is 51.5 Å². The average Bonchev–Trinajstić information content (AvgIpc) is 2.86. The number of nitriles is 1. The molecule has 1 saturated heterocycles. The number of nitrogens with zero attached hydrogens (tertiary/aromatic N) is 1. The van der Waals surface area contributed by atoms with Crippen molar-refractivity contribution >= 4 is 43.1 Å². The van der Waals surface area contributed by atoms with E-state index in [4.69, 9.17) is 48.7 Å². The predicted octanol–water partition coefficient (Wildman–Crippen LogP) is 3.15. The van der Waals surface area contributed by atoms with Gasteiger partial charge in [0.2, 0.25) is 11.4 Å². The van der Waals surface area contributed by atoms with Crippen molar-refractivity contribution in [3.05, 3.63) is 10.1 Å². The standard InChI is InChI=1S/C11H14Cl3NO3Si/c1-19(2,3)18-10(6-15)7(12)8(13)11(9(10)14)16-4-5-17-11/h9H,4-5H2,1-3H3. The number of alkyl halides is 1. The summed E-state index contributed by atoms with van der Waals surface area (Å²) in [6.45, 7) is 6.51. The van der Waals surface area contributed by atoms with Gasteiger partial charge in [-0.3, -0.25) is 0 Å². The molecule has 0 N–H and O–H groups in total. The van der Waals surface area contributed by atoms with Crippen LogP contribution >= 0.6 is 34.8 Å². The summed E-state index contributed by atoms with van der Waals surface area (Å²) in [4.78, 5) is 0. The van der Waals surface area contributed by atoms with Crippen molar-refractivity contribution in [3.63, 3.8) is 0 Å². The van der Waals surface area contributed by atoms with Crippen molar-refractivity contribution in [1.29, 1.82) is 5.26 Å². The average molecular weight is 343 g/mol. The van der Waals surface area contributed by atoms with Crippen LogP contribution < -0.4 is 0 Å². The molecule has 4 nitrogen and oxygen atoms in total. The molecule has 2 rings (SSSR count). The fraction of sp³-hybridized carbons (Fsp3) is 0.727. The summed E-state index contributed by atoms with van der Waals surface area (Å²) in [7, 11) is -2.09. The third-order valence-electron chi connectivity index (χ3n) is 2.86. The highest BCUT2D eigenvalue weighted by atomic mass is 35.5. The summed E-state index contributed by atoms with van der Waals surface area (Å²) in [6, 6.07) is 2.06. The first-order valence-corrected chi connectivity index (χ1v) is 10.4. The number of halogens is 3. The van der Waals surface area contributed by atoms with Crippen LogP contribution in [0.1, 0.15) is 0 Å². The van der Waals surface area contributed by atoms with E-state index in [1.54, 1.807) is 0 Å². The minimum absolute atomic E-state index is 0.0565. The molecule has 1 aliphatic carbocycles. The molecular weight excluding hydrogens is 329 g/mol. The minimum Gasteiger partial charge on any atom is -0.395 e. The van der Waals surface area contributed by atoms with Crippen LogP contribution in [0.2, 0.25) is 19.6 Å². The van der Waals surface area contributed by atoms with E-state index in [0.717, 1.165) is 0 Å². The second-order valence-electron chi connectivity index (χ2n) is 5.42. The number of ether oxygens (including phenoxy) is 2. The van der Waals surface area contributed by atoms with Gasteiger partial charge in [-0.05, 0) is 19.6 Å². The molecule has 0 aromatic carbocycles. The zero-order chi connectivity index (χ0) is 14.5. The van der Waals surface area contributed by atoms with E-state index in [9.17, 15) is 5.26 Å². The molecular formula is C11H14Cl3NO3Si. The molecule has 0 saturated carbocycles. The van der Waals surface area contributed by atoms with E-state index in [-0.39, 0.29) is 10.1 Å². The quantitative estimate of drug-likeness (QED) is 0.571. The number of hydrogen-bond acceptors (Lipinski definition) is 4. The Hall–Kier alpha value is 0.197. The van der Waals surface area contributed by atoms with E-state index in [1.165, 1.54) is 0 Å². The first kappa shape index (κ1) is 15.6. The van der Waals surface area contributed by atoms with E-state index in [0.29, 0.717) is 13.2 Å². The van der Waals surface area contributed by atoms with Gasteiger partial charge in [0.05, 0.1) is 23.3 Å². The van der Waals surface area contributed by atoms with Gasteiger partial charge in [-0.2, -0.15) is 5.26 Å². The minimum atomic E-state index is -2.09. The Labute approximate surface area is 128 Å². The maximum Gasteiger partial charge on any atom is 0.228 e. The lowest BCUT2D eigenvalue weighted by Gasteiger charge is -2.36. The van der Waals surface area contributed by atoms with Crippen molar-refractivity contribution < 1.29 is 13.9 Å². The van der Waals surface area contributed by atoms with Crippen LogP contribution in [0.25, 0.3) is 0 Å². The Kier molecular flexibility index (Phi) is 4.01. The second kappa shape index (κ2) is 4.88. The Morgan fingerprint density at radius 1 is 1.26 bits per heavy atom. The highest BCUT2D eigenvalue weighted by molar-refractivity contribution is 6.70. The van der Waals surface area contributed by atoms with Gasteiger partial charge in [-0.15, -0.1) is 11.6 Å². The monoisotopic (exact) mass is 341 g/mol. The van der Waals surface area contributed by atoms with Crippen LogP contribution in [0.3, 0.4) is 0 Å². The molecule has 1 spiro atoms. The van der Waals surface area contributed by atoms with E-state index >= 15 is 0 Å². The van der Waals surface area contributed by atoms with Crippen molar-refractivity contribution in [2.24, 2.45) is 0 Å². The Morgan fingerprint density at radius 3 is 2.21 bits per heavy atom. The Bertz CT molecular complexity index is 465. The van der Waals surface area contributed by atoms with Crippen LogP contribution in [0.4, 0.5) is 0 Å². The SMILES string of the molecule is C[Si](C)(C)OC1(C#N)C(Cl)=C(Cl)C2(OCCO2)C1Cl. The smallest absolute Gasteiger partial charge is 0.228 e. The van der Waals surface area contributed by atoms with Gasteiger partial charge >= 0.3 is 0 Å². The largest absolute Gasteiger partial charge is 0.395 e. The summed E-state index contributed by atoms with van der Waals surface area (Å²) in [5.74, 6) is -1.37. The molecule has 0 aromatic heterocycles. The van der Waals surface area contributed by atoms with Gasteiger partial charge in [0.15, 0.2) is 8.32 Å². The Balaban J connectivity index is 2.50. The molecule has 1 aliphatic heterocycles. The molecule has 0 radical (unpaired) electrons. The molecule has 0 amide bonds. The third kappa shape index (κ3) is 2.24. The molecule has 0 aromatic rings. The maximum absolute atomic E-state index is 9.56. The molecule has 2 atom stereocenters. The normalized spacial score (nSPS) is 34.1. The molecule has 1 fully saturated rings. The third-order valence-corrected chi connectivity index (χ3v) is 5.41. The lowest BCUT2D eigenvalue weighted by Crippen LogP contribution is -2.53. The van der Waals surface area contributed by atoms with Gasteiger partial charge < -0.3 is 13.9 Å². The summed E-state index contributed by atoms with van der Waals surface area (Å²) >= 11 is 18.9. The van der Waals surface area contributed by atoms with Crippen molar-refractivity contribution in [1.82, 2.24) is 0 Å². The van der Waals surface area contributed by atoms with Gasteiger partial charge in [-0.1, -0.05) is 23.2 Å². The van der Waals surface area contributed by atoms with Crippen molar-refractivity contribution in [3.8, 4) is 6.07 Å². The molecule has 2 unspecified atom stereocenters. The summed E-state index contributed by atoms with van der Waals surface area (Å²) in [5.41, 5.74) is -1.52. The van der Waals surface area contributed by atoms with E-state index in [1.807, 2.05) is 19.6 Å². The predicted molar refractivity (Wildman–Crippen MR) is 75.8 cm³/mol. The number of rotatable bonds is 2. The molecule has 0 bridgehead atoms. The molecule has 106 valence electrons. The first-order chi connectivity index (χ1) is 8.69. The van der Waals surface area contributed by atoms with Crippen LogP contribution in [-0.2, 0) is 13.9 Å². The summed E-state index contributed by atoms with van der Waals surface area (Å²) in [6.07, 6.45) is 0. The van der Waals surface area contributed by atoms with Gasteiger partial charge in [0.1, 0.15) is 11.4 Å². The maximum atomic E-state index is 9.56. The number of hydrogen-bond donors (Lipinski definition) is 0. The van der Waals surface area contributed by atoms with Gasteiger partial charge in [0.25, 0.3) is 0 Å². The highest BCUT2D eigenvalue weighted by Crippen LogP contribution is 2.55. The Morgan fingerprint density at radius 2 is 1.79 bits per heavy atom. The fourth-order valence-corrected chi connectivity index (χ4v) is 4.82. The molecule has 2 aliphatic rings. The molecule has 1 heterocycles. The van der Waals surface area contributed by atoms with Crippen LogP contribution in [0.15, 0.2) is 10.1 Å². The first-order valence-electron chi connectivity index (χ1n) is 5.79. The van der Waals surface area contributed by atoms with Gasteiger partial charge in [0, 0.05) is 0 Å². The molecule has 8 heteroatoms. The van der Waals surface area contributed by atoms with Crippen molar-refractivity contribution in [2.75, 3.05) is 13.2 Å². The summed E-state index contributed by atoms with van der Waals surface area (Å²) < 4.78 is 17.0. The fourth-order valence-electron chi connectivity index (χ4n) is 2.22. The van der Waals surface area contributed by atoms with Crippen molar-refractivity contribution in [2.45, 2.75) is 36.4 Å². The van der Waals surface area contributed by atoms with Crippen LogP contribution in [0.5, 0.6) is 0 Å². The van der Waals surface area contributed by atoms with Crippen LogP contribution in [0, 0.1) is 11.3 Å². The van der Waals surface area contributed by atoms with E-state index in [2.05, 4.69) is 6.07 Å². The lowest BCUT2D eigenvalue weighted by molar-refractivity contribution is -0.129. The lowest BCUT2D eigenvalue weighted by atomic mass is 10.0. The zero-order valence-electron chi connectivity index (χ0n) is 10.8. The van der Waals surface area contributed by atoms with Crippen LogP contribution in [-0.4, -0.2) is 38.3 Å². The summed E-state index contributed by atoms with van der Waals surface area (Å²) in [5, 5.41) is 8.77. The zero-order valence-corrected chi connectivity index (χ0v) is 14.1. The second-order valence-corrected chi connectivity index (χ2v) is 11.0. The van der Waals surface area contributed by atoms with E-state index < -0.39 is 25.1 Å².